The van der Waals surface area contributed by atoms with Crippen molar-refractivity contribution in [3.63, 3.8) is 0 Å². The monoisotopic (exact) mass is 283 g/mol. The standard InChI is InChI=1S/C10H14BrN5/c1-16(2)9-4-3-7(5-8(9)11)6-14-15-10(12)13/h3-6H,1-2H3,(H4,12,13,15)/b14-6-. The number of halogens is 1. The van der Waals surface area contributed by atoms with Gasteiger partial charge in [-0.15, -0.1) is 5.10 Å². The van der Waals surface area contributed by atoms with Crippen LogP contribution >= 0.6 is 15.9 Å². The minimum Gasteiger partial charge on any atom is -0.377 e. The van der Waals surface area contributed by atoms with E-state index in [4.69, 9.17) is 11.5 Å². The summed E-state index contributed by atoms with van der Waals surface area (Å²) in [5.41, 5.74) is 12.3. The van der Waals surface area contributed by atoms with Crippen molar-refractivity contribution in [2.45, 2.75) is 0 Å². The minimum atomic E-state index is -0.0553. The highest BCUT2D eigenvalue weighted by atomic mass is 79.9. The van der Waals surface area contributed by atoms with Crippen molar-refractivity contribution in [3.8, 4) is 0 Å². The molecule has 1 aromatic rings. The van der Waals surface area contributed by atoms with Crippen LogP contribution < -0.4 is 16.4 Å². The molecule has 4 N–H and O–H groups in total. The second-order valence-electron chi connectivity index (χ2n) is 3.37. The van der Waals surface area contributed by atoms with Crippen LogP contribution in [0.4, 0.5) is 5.69 Å². The topological polar surface area (TPSA) is 80.0 Å². The van der Waals surface area contributed by atoms with Gasteiger partial charge in [-0.1, -0.05) is 6.07 Å². The molecule has 1 aromatic carbocycles. The average Bonchev–Trinajstić information content (AvgIpc) is 2.16. The summed E-state index contributed by atoms with van der Waals surface area (Å²) in [7, 11) is 3.96. The summed E-state index contributed by atoms with van der Waals surface area (Å²) in [6, 6.07) is 5.87. The molecule has 0 saturated heterocycles. The third-order valence-electron chi connectivity index (χ3n) is 1.83. The number of hydrogen-bond acceptors (Lipinski definition) is 3. The van der Waals surface area contributed by atoms with Crippen molar-refractivity contribution in [1.29, 1.82) is 0 Å². The highest BCUT2D eigenvalue weighted by molar-refractivity contribution is 9.10. The van der Waals surface area contributed by atoms with Crippen molar-refractivity contribution in [2.75, 3.05) is 19.0 Å². The van der Waals surface area contributed by atoms with E-state index < -0.39 is 0 Å². The number of hydrogen-bond donors (Lipinski definition) is 2. The highest BCUT2D eigenvalue weighted by Gasteiger charge is 2.01. The molecule has 5 nitrogen and oxygen atoms in total. The van der Waals surface area contributed by atoms with Crippen molar-refractivity contribution < 1.29 is 0 Å². The smallest absolute Gasteiger partial charge is 0.211 e. The molecule has 0 amide bonds. The zero-order valence-electron chi connectivity index (χ0n) is 9.18. The van der Waals surface area contributed by atoms with Gasteiger partial charge in [0.1, 0.15) is 0 Å². The molecular weight excluding hydrogens is 270 g/mol. The second-order valence-corrected chi connectivity index (χ2v) is 4.23. The van der Waals surface area contributed by atoms with E-state index in [1.165, 1.54) is 0 Å². The van der Waals surface area contributed by atoms with E-state index in [-0.39, 0.29) is 5.96 Å². The van der Waals surface area contributed by atoms with E-state index in [0.29, 0.717) is 0 Å². The Morgan fingerprint density at radius 2 is 2.06 bits per heavy atom. The molecule has 0 aliphatic rings. The molecule has 0 saturated carbocycles. The lowest BCUT2D eigenvalue weighted by Crippen LogP contribution is -2.21. The Morgan fingerprint density at radius 1 is 1.38 bits per heavy atom. The molecule has 0 radical (unpaired) electrons. The molecule has 0 bridgehead atoms. The van der Waals surface area contributed by atoms with Crippen molar-refractivity contribution in [1.82, 2.24) is 0 Å². The fraction of sp³-hybridized carbons (Fsp3) is 0.200. The Labute approximate surface area is 103 Å². The molecule has 0 unspecified atom stereocenters. The van der Waals surface area contributed by atoms with Gasteiger partial charge in [0.05, 0.1) is 11.9 Å². The van der Waals surface area contributed by atoms with E-state index in [0.717, 1.165) is 15.7 Å². The third kappa shape index (κ3) is 3.54. The van der Waals surface area contributed by atoms with Crippen LogP contribution in [-0.2, 0) is 0 Å². The van der Waals surface area contributed by atoms with Crippen LogP contribution in [0.1, 0.15) is 5.56 Å². The molecule has 0 aliphatic carbocycles. The number of nitrogens with zero attached hydrogens (tertiary/aromatic N) is 3. The first-order valence-electron chi connectivity index (χ1n) is 4.59. The molecular formula is C10H14BrN5. The van der Waals surface area contributed by atoms with Crippen LogP contribution in [0.25, 0.3) is 0 Å². The maximum Gasteiger partial charge on any atom is 0.211 e. The van der Waals surface area contributed by atoms with E-state index in [2.05, 4.69) is 26.1 Å². The van der Waals surface area contributed by atoms with Gasteiger partial charge in [0, 0.05) is 18.6 Å². The largest absolute Gasteiger partial charge is 0.377 e. The second kappa shape index (κ2) is 5.50. The van der Waals surface area contributed by atoms with Crippen LogP contribution in [0.5, 0.6) is 0 Å². The third-order valence-corrected chi connectivity index (χ3v) is 2.47. The van der Waals surface area contributed by atoms with E-state index >= 15 is 0 Å². The SMILES string of the molecule is CN(C)c1ccc(/C=N\N=C(N)N)cc1Br. The summed E-state index contributed by atoms with van der Waals surface area (Å²) in [5, 5.41) is 7.26. The maximum atomic E-state index is 5.15. The van der Waals surface area contributed by atoms with Crippen LogP contribution in [0, 0.1) is 0 Å². The predicted molar refractivity (Wildman–Crippen MR) is 71.9 cm³/mol. The Morgan fingerprint density at radius 3 is 2.56 bits per heavy atom. The molecule has 0 heterocycles. The molecule has 6 heteroatoms. The lowest BCUT2D eigenvalue weighted by molar-refractivity contribution is 1.12. The Balaban J connectivity index is 2.89. The first-order chi connectivity index (χ1) is 7.50. The van der Waals surface area contributed by atoms with Crippen molar-refractivity contribution >= 4 is 33.8 Å². The average molecular weight is 284 g/mol. The van der Waals surface area contributed by atoms with Crippen LogP contribution in [0.2, 0.25) is 0 Å². The normalized spacial score (nSPS) is 10.4. The molecule has 0 aromatic heterocycles. The zero-order valence-corrected chi connectivity index (χ0v) is 10.8. The Hall–Kier alpha value is -1.56. The summed E-state index contributed by atoms with van der Waals surface area (Å²) in [4.78, 5) is 2.01. The van der Waals surface area contributed by atoms with Gasteiger partial charge >= 0.3 is 0 Å². The fourth-order valence-electron chi connectivity index (χ4n) is 1.13. The molecule has 16 heavy (non-hydrogen) atoms. The van der Waals surface area contributed by atoms with Crippen molar-refractivity contribution in [3.05, 3.63) is 28.2 Å². The van der Waals surface area contributed by atoms with Gasteiger partial charge in [-0.2, -0.15) is 5.10 Å². The molecule has 0 aliphatic heterocycles. The van der Waals surface area contributed by atoms with Gasteiger partial charge in [-0.05, 0) is 33.6 Å². The summed E-state index contributed by atoms with van der Waals surface area (Å²) >= 11 is 3.48. The van der Waals surface area contributed by atoms with E-state index in [1.54, 1.807) is 6.21 Å². The first kappa shape index (κ1) is 12.5. The molecule has 0 atom stereocenters. The molecule has 86 valence electrons. The van der Waals surface area contributed by atoms with Crippen LogP contribution in [-0.4, -0.2) is 26.3 Å². The Bertz CT molecular complexity index is 421. The van der Waals surface area contributed by atoms with Crippen LogP contribution in [0.3, 0.4) is 0 Å². The van der Waals surface area contributed by atoms with Crippen LogP contribution in [0.15, 0.2) is 32.9 Å². The number of benzene rings is 1. The van der Waals surface area contributed by atoms with Gasteiger partial charge in [-0.25, -0.2) is 0 Å². The fourth-order valence-corrected chi connectivity index (χ4v) is 1.88. The summed E-state index contributed by atoms with van der Waals surface area (Å²) in [5.74, 6) is -0.0553. The van der Waals surface area contributed by atoms with Gasteiger partial charge in [0.25, 0.3) is 0 Å². The number of anilines is 1. The summed E-state index contributed by atoms with van der Waals surface area (Å²) in [6.07, 6.45) is 1.59. The van der Waals surface area contributed by atoms with Gasteiger partial charge in [-0.3, -0.25) is 0 Å². The predicted octanol–water partition coefficient (Wildman–Crippen LogP) is 1.12. The quantitative estimate of drug-likeness (QED) is 0.496. The lowest BCUT2D eigenvalue weighted by atomic mass is 10.2. The molecule has 1 rings (SSSR count). The minimum absolute atomic E-state index is 0.0553. The summed E-state index contributed by atoms with van der Waals surface area (Å²) < 4.78 is 0.992. The molecule has 0 spiro atoms. The lowest BCUT2D eigenvalue weighted by Gasteiger charge is -2.14. The highest BCUT2D eigenvalue weighted by Crippen LogP contribution is 2.25. The zero-order chi connectivity index (χ0) is 12.1. The van der Waals surface area contributed by atoms with Gasteiger partial charge in [0.15, 0.2) is 0 Å². The van der Waals surface area contributed by atoms with E-state index in [9.17, 15) is 0 Å². The first-order valence-corrected chi connectivity index (χ1v) is 5.39. The van der Waals surface area contributed by atoms with Gasteiger partial charge in [0.2, 0.25) is 5.96 Å². The number of guanidine groups is 1. The maximum absolute atomic E-state index is 5.15. The van der Waals surface area contributed by atoms with Crippen molar-refractivity contribution in [2.24, 2.45) is 21.7 Å². The summed E-state index contributed by atoms with van der Waals surface area (Å²) in [6.45, 7) is 0. The Kier molecular flexibility index (Phi) is 4.30. The van der Waals surface area contributed by atoms with Gasteiger partial charge < -0.3 is 16.4 Å². The van der Waals surface area contributed by atoms with E-state index in [1.807, 2.05) is 37.2 Å². The number of rotatable bonds is 3. The number of nitrogens with two attached hydrogens (primary N) is 2. The molecule has 0 fully saturated rings.